The number of hydrogen-bond donors (Lipinski definition) is 2. The van der Waals surface area contributed by atoms with Crippen molar-refractivity contribution in [1.29, 1.82) is 0 Å². The van der Waals surface area contributed by atoms with Crippen molar-refractivity contribution < 1.29 is 9.59 Å². The molecule has 2 aromatic heterocycles. The van der Waals surface area contributed by atoms with E-state index in [0.29, 0.717) is 17.1 Å². The highest BCUT2D eigenvalue weighted by molar-refractivity contribution is 9.10. The summed E-state index contributed by atoms with van der Waals surface area (Å²) in [4.78, 5) is 29.8. The number of primary amides is 1. The van der Waals surface area contributed by atoms with Crippen molar-refractivity contribution in [2.75, 3.05) is 5.32 Å². The molecule has 1 aliphatic carbocycles. The van der Waals surface area contributed by atoms with E-state index in [1.165, 1.54) is 6.42 Å². The van der Waals surface area contributed by atoms with Crippen molar-refractivity contribution in [3.63, 3.8) is 0 Å². The van der Waals surface area contributed by atoms with Crippen LogP contribution in [0.3, 0.4) is 0 Å². The predicted octanol–water partition coefficient (Wildman–Crippen LogP) is 4.02. The number of carbonyl (C=O) groups is 2. The number of aromatic nitrogens is 3. The lowest BCUT2D eigenvalue weighted by molar-refractivity contribution is -0.119. The van der Waals surface area contributed by atoms with Gasteiger partial charge in [0.15, 0.2) is 0 Å². The van der Waals surface area contributed by atoms with Crippen LogP contribution in [-0.2, 0) is 4.79 Å². The van der Waals surface area contributed by atoms with E-state index in [2.05, 4.69) is 31.3 Å². The summed E-state index contributed by atoms with van der Waals surface area (Å²) < 4.78 is 2.45. The first-order valence-electron chi connectivity index (χ1n) is 9.68. The molecule has 1 saturated carbocycles. The van der Waals surface area contributed by atoms with Gasteiger partial charge in [-0.15, -0.1) is 0 Å². The molecule has 1 unspecified atom stereocenters. The fourth-order valence-electron chi connectivity index (χ4n) is 3.98. The summed E-state index contributed by atoms with van der Waals surface area (Å²) in [5.41, 5.74) is 6.62. The second-order valence-electron chi connectivity index (χ2n) is 7.58. The zero-order valence-electron chi connectivity index (χ0n) is 16.2. The first kappa shape index (κ1) is 20.5. The van der Waals surface area contributed by atoms with Gasteiger partial charge >= 0.3 is 0 Å². The number of anilines is 1. The van der Waals surface area contributed by atoms with Crippen molar-refractivity contribution in [3.8, 4) is 0 Å². The fraction of sp³-hybridized carbons (Fsp3) is 0.500. The van der Waals surface area contributed by atoms with E-state index < -0.39 is 11.8 Å². The lowest BCUT2D eigenvalue weighted by atomic mass is 9.76. The normalized spacial score (nSPS) is 16.1. The Morgan fingerprint density at radius 1 is 1.21 bits per heavy atom. The molecule has 0 bridgehead atoms. The second kappa shape index (κ2) is 8.86. The number of carbonyl (C=O) groups excluding carboxylic acids is 2. The molecule has 2 heterocycles. The molecule has 1 aliphatic rings. The highest BCUT2D eigenvalue weighted by Gasteiger charge is 2.36. The summed E-state index contributed by atoms with van der Waals surface area (Å²) >= 11 is 3.34. The maximum atomic E-state index is 13.3. The quantitative estimate of drug-likeness (QED) is 0.697. The average Bonchev–Trinajstić information content (AvgIpc) is 3.10. The van der Waals surface area contributed by atoms with Crippen LogP contribution in [0.2, 0.25) is 0 Å². The highest BCUT2D eigenvalue weighted by atomic mass is 79.9. The number of hydrogen-bond acceptors (Lipinski definition) is 4. The van der Waals surface area contributed by atoms with Crippen LogP contribution in [0.1, 0.15) is 74.0 Å². The Kier molecular flexibility index (Phi) is 6.49. The Labute approximate surface area is 173 Å². The third kappa shape index (κ3) is 4.43. The standard InChI is InChI=1S/C20H26BrN5O2/c1-12(2)26-18(19(22)27)15(11-24-26)17(13-6-4-3-5-7-13)20(28)25-16-9-8-14(21)10-23-16/h8-13,17H,3-7H2,1-2H3,(H2,22,27)(H,23,25,28). The lowest BCUT2D eigenvalue weighted by Crippen LogP contribution is -2.31. The summed E-state index contributed by atoms with van der Waals surface area (Å²) in [6, 6.07) is 3.54. The van der Waals surface area contributed by atoms with Crippen LogP contribution in [0.4, 0.5) is 5.82 Å². The molecule has 0 aromatic carbocycles. The largest absolute Gasteiger partial charge is 0.364 e. The van der Waals surface area contributed by atoms with E-state index in [0.717, 1.165) is 30.2 Å². The Hall–Kier alpha value is -2.22. The molecule has 0 aliphatic heterocycles. The Morgan fingerprint density at radius 2 is 1.93 bits per heavy atom. The van der Waals surface area contributed by atoms with Crippen molar-refractivity contribution >= 4 is 33.6 Å². The van der Waals surface area contributed by atoms with Crippen LogP contribution in [0.5, 0.6) is 0 Å². The van der Waals surface area contributed by atoms with Gasteiger partial charge < -0.3 is 11.1 Å². The topological polar surface area (TPSA) is 103 Å². The van der Waals surface area contributed by atoms with E-state index in [9.17, 15) is 9.59 Å². The molecule has 8 heteroatoms. The first-order chi connectivity index (χ1) is 13.4. The fourth-order valence-corrected chi connectivity index (χ4v) is 4.21. The number of rotatable bonds is 6. The van der Waals surface area contributed by atoms with E-state index >= 15 is 0 Å². The summed E-state index contributed by atoms with van der Waals surface area (Å²) in [5.74, 6) is -0.595. The third-order valence-electron chi connectivity index (χ3n) is 5.26. The molecule has 2 amide bonds. The van der Waals surface area contributed by atoms with Crippen LogP contribution in [0, 0.1) is 5.92 Å². The van der Waals surface area contributed by atoms with E-state index in [-0.39, 0.29) is 17.9 Å². The van der Waals surface area contributed by atoms with Crippen molar-refractivity contribution in [2.24, 2.45) is 11.7 Å². The molecule has 150 valence electrons. The molecule has 0 spiro atoms. The maximum Gasteiger partial charge on any atom is 0.267 e. The van der Waals surface area contributed by atoms with E-state index in [1.54, 1.807) is 23.1 Å². The number of amides is 2. The van der Waals surface area contributed by atoms with Crippen molar-refractivity contribution in [1.82, 2.24) is 14.8 Å². The lowest BCUT2D eigenvalue weighted by Gasteiger charge is -2.29. The van der Waals surface area contributed by atoms with Gasteiger partial charge in [-0.1, -0.05) is 19.3 Å². The van der Waals surface area contributed by atoms with Gasteiger partial charge in [0, 0.05) is 22.3 Å². The maximum absolute atomic E-state index is 13.3. The zero-order chi connectivity index (χ0) is 20.3. The van der Waals surface area contributed by atoms with Gasteiger partial charge in [0.05, 0.1) is 12.1 Å². The highest BCUT2D eigenvalue weighted by Crippen LogP contribution is 2.38. The van der Waals surface area contributed by atoms with Gasteiger partial charge in [0.2, 0.25) is 5.91 Å². The molecule has 2 aromatic rings. The third-order valence-corrected chi connectivity index (χ3v) is 5.73. The Balaban J connectivity index is 1.98. The second-order valence-corrected chi connectivity index (χ2v) is 8.49. The minimum absolute atomic E-state index is 0.0283. The molecule has 1 atom stereocenters. The monoisotopic (exact) mass is 447 g/mol. The molecule has 3 N–H and O–H groups in total. The summed E-state index contributed by atoms with van der Waals surface area (Å²) in [6.45, 7) is 3.87. The molecular weight excluding hydrogens is 422 g/mol. The number of nitrogens with one attached hydrogen (secondary N) is 1. The van der Waals surface area contributed by atoms with Crippen LogP contribution in [-0.4, -0.2) is 26.6 Å². The Bertz CT molecular complexity index is 841. The molecule has 3 rings (SSSR count). The smallest absolute Gasteiger partial charge is 0.267 e. The van der Waals surface area contributed by atoms with E-state index in [1.807, 2.05) is 19.9 Å². The number of nitrogens with two attached hydrogens (primary N) is 1. The van der Waals surface area contributed by atoms with E-state index in [4.69, 9.17) is 5.73 Å². The molecule has 0 saturated heterocycles. The van der Waals surface area contributed by atoms with Crippen LogP contribution in [0.15, 0.2) is 29.0 Å². The van der Waals surface area contributed by atoms with Gasteiger partial charge in [-0.05, 0) is 60.7 Å². The number of nitrogens with zero attached hydrogens (tertiary/aromatic N) is 3. The van der Waals surface area contributed by atoms with Gasteiger partial charge in [-0.3, -0.25) is 14.3 Å². The SMILES string of the molecule is CC(C)n1ncc(C(C(=O)Nc2ccc(Br)cn2)C2CCCCC2)c1C(N)=O. The molecular formula is C20H26BrN5O2. The molecule has 28 heavy (non-hydrogen) atoms. The molecule has 0 radical (unpaired) electrons. The predicted molar refractivity (Wildman–Crippen MR) is 111 cm³/mol. The van der Waals surface area contributed by atoms with Crippen molar-refractivity contribution in [3.05, 3.63) is 40.3 Å². The Morgan fingerprint density at radius 3 is 2.50 bits per heavy atom. The van der Waals surface area contributed by atoms with Crippen molar-refractivity contribution in [2.45, 2.75) is 57.9 Å². The van der Waals surface area contributed by atoms with Crippen LogP contribution in [0.25, 0.3) is 0 Å². The summed E-state index contributed by atoms with van der Waals surface area (Å²) in [7, 11) is 0. The number of halogens is 1. The number of pyridine rings is 1. The minimum atomic E-state index is -0.559. The van der Waals surface area contributed by atoms with Crippen LogP contribution < -0.4 is 11.1 Å². The zero-order valence-corrected chi connectivity index (χ0v) is 17.8. The molecule has 1 fully saturated rings. The first-order valence-corrected chi connectivity index (χ1v) is 10.5. The van der Waals surface area contributed by atoms with Gasteiger partial charge in [-0.2, -0.15) is 5.10 Å². The van der Waals surface area contributed by atoms with Gasteiger partial charge in [-0.25, -0.2) is 4.98 Å². The van der Waals surface area contributed by atoms with Gasteiger partial charge in [0.1, 0.15) is 11.5 Å². The average molecular weight is 448 g/mol. The summed E-state index contributed by atoms with van der Waals surface area (Å²) in [5, 5.41) is 7.28. The van der Waals surface area contributed by atoms with Crippen LogP contribution >= 0.6 is 15.9 Å². The molecule has 7 nitrogen and oxygen atoms in total. The van der Waals surface area contributed by atoms with Gasteiger partial charge in [0.25, 0.3) is 5.91 Å². The minimum Gasteiger partial charge on any atom is -0.364 e. The summed E-state index contributed by atoms with van der Waals surface area (Å²) in [6.07, 6.45) is 8.48.